The molecule has 2 aliphatic heterocycles. The molecular weight excluding hydrogens is 230 g/mol. The van der Waals surface area contributed by atoms with Gasteiger partial charge in [-0.1, -0.05) is 0 Å². The van der Waals surface area contributed by atoms with Crippen LogP contribution in [-0.4, -0.2) is 60.5 Å². The van der Waals surface area contributed by atoms with E-state index in [1.165, 1.54) is 5.69 Å². The number of rotatable bonds is 1. The van der Waals surface area contributed by atoms with Crippen molar-refractivity contribution in [2.45, 2.75) is 13.0 Å². The lowest BCUT2D eigenvalue weighted by Crippen LogP contribution is -2.47. The second-order valence-electron chi connectivity index (χ2n) is 5.08. The zero-order valence-corrected chi connectivity index (χ0v) is 10.7. The molecule has 1 saturated heterocycles. The number of carbonyl (C=O) groups is 1. The molecule has 0 bridgehead atoms. The summed E-state index contributed by atoms with van der Waals surface area (Å²) in [5.74, 6) is 0.123. The van der Waals surface area contributed by atoms with Crippen molar-refractivity contribution in [3.05, 3.63) is 23.0 Å². The number of hydrogen-bond acceptors (Lipinski definition) is 3. The van der Waals surface area contributed by atoms with Crippen molar-refractivity contribution >= 4 is 5.91 Å². The first kappa shape index (κ1) is 11.7. The average Bonchev–Trinajstić information content (AvgIpc) is 2.82. The molecule has 2 aliphatic rings. The third kappa shape index (κ3) is 2.15. The molecule has 1 fully saturated rings. The highest BCUT2D eigenvalue weighted by molar-refractivity contribution is 5.93. The molecule has 1 N–H and O–H groups in total. The number of amides is 1. The van der Waals surface area contributed by atoms with E-state index in [4.69, 9.17) is 4.74 Å². The van der Waals surface area contributed by atoms with E-state index in [9.17, 15) is 4.79 Å². The van der Waals surface area contributed by atoms with Crippen LogP contribution >= 0.6 is 0 Å². The van der Waals surface area contributed by atoms with Crippen molar-refractivity contribution in [1.82, 2.24) is 14.8 Å². The Morgan fingerprint density at radius 1 is 1.33 bits per heavy atom. The van der Waals surface area contributed by atoms with Crippen molar-refractivity contribution in [2.75, 3.05) is 39.8 Å². The predicted molar refractivity (Wildman–Crippen MR) is 67.6 cm³/mol. The summed E-state index contributed by atoms with van der Waals surface area (Å²) in [6, 6.07) is 1.95. The second-order valence-corrected chi connectivity index (χ2v) is 5.08. The average molecular weight is 249 g/mol. The number of aromatic amines is 1. The normalized spacial score (nSPS) is 20.8. The van der Waals surface area contributed by atoms with E-state index in [0.717, 1.165) is 50.5 Å². The van der Waals surface area contributed by atoms with Gasteiger partial charge in [-0.15, -0.1) is 0 Å². The maximum Gasteiger partial charge on any atom is 0.270 e. The summed E-state index contributed by atoms with van der Waals surface area (Å²) in [4.78, 5) is 19.8. The third-order valence-corrected chi connectivity index (χ3v) is 3.77. The summed E-state index contributed by atoms with van der Waals surface area (Å²) in [6.45, 7) is 4.91. The van der Waals surface area contributed by atoms with Crippen LogP contribution < -0.4 is 0 Å². The highest BCUT2D eigenvalue weighted by atomic mass is 16.5. The number of H-pyrrole nitrogens is 1. The van der Waals surface area contributed by atoms with E-state index in [-0.39, 0.29) is 5.91 Å². The van der Waals surface area contributed by atoms with Crippen LogP contribution in [0.3, 0.4) is 0 Å². The van der Waals surface area contributed by atoms with Crippen molar-refractivity contribution in [1.29, 1.82) is 0 Å². The van der Waals surface area contributed by atoms with Gasteiger partial charge in [0, 0.05) is 38.3 Å². The first-order chi connectivity index (χ1) is 8.74. The highest BCUT2D eigenvalue weighted by Crippen LogP contribution is 2.19. The topological polar surface area (TPSA) is 48.6 Å². The molecule has 0 radical (unpaired) electrons. The molecule has 1 amide bonds. The Balaban J connectivity index is 1.74. The summed E-state index contributed by atoms with van der Waals surface area (Å²) in [6.07, 6.45) is 0.880. The Kier molecular flexibility index (Phi) is 3.09. The standard InChI is InChI=1S/C13H19N3O2/c1-15-3-5-16(6-4-15)13(17)12-8-10-9-18-7-2-11(10)14-12/h8,14H,2-7,9H2,1H3. The number of nitrogens with zero attached hydrogens (tertiary/aromatic N) is 2. The lowest BCUT2D eigenvalue weighted by Gasteiger charge is -2.32. The molecule has 5 nitrogen and oxygen atoms in total. The van der Waals surface area contributed by atoms with Crippen molar-refractivity contribution in [3.63, 3.8) is 0 Å². The lowest BCUT2D eigenvalue weighted by molar-refractivity contribution is 0.0658. The van der Waals surface area contributed by atoms with Gasteiger partial charge in [0.25, 0.3) is 5.91 Å². The number of hydrogen-bond donors (Lipinski definition) is 1. The molecule has 98 valence electrons. The van der Waals surface area contributed by atoms with Gasteiger partial charge in [0.15, 0.2) is 0 Å². The predicted octanol–water partition coefficient (Wildman–Crippen LogP) is 0.475. The van der Waals surface area contributed by atoms with Crippen molar-refractivity contribution in [3.8, 4) is 0 Å². The molecule has 5 heteroatoms. The van der Waals surface area contributed by atoms with Crippen LogP contribution in [0.25, 0.3) is 0 Å². The number of piperazine rings is 1. The minimum atomic E-state index is 0.123. The number of carbonyl (C=O) groups excluding carboxylic acids is 1. The molecule has 1 aromatic heterocycles. The van der Waals surface area contributed by atoms with E-state index < -0.39 is 0 Å². The number of aromatic nitrogens is 1. The minimum absolute atomic E-state index is 0.123. The molecule has 0 aliphatic carbocycles. The zero-order chi connectivity index (χ0) is 12.5. The minimum Gasteiger partial charge on any atom is -0.376 e. The summed E-state index contributed by atoms with van der Waals surface area (Å²) < 4.78 is 5.40. The summed E-state index contributed by atoms with van der Waals surface area (Å²) >= 11 is 0. The second kappa shape index (κ2) is 4.74. The monoisotopic (exact) mass is 249 g/mol. The number of nitrogens with one attached hydrogen (secondary N) is 1. The van der Waals surface area contributed by atoms with Crippen LogP contribution in [0.15, 0.2) is 6.07 Å². The van der Waals surface area contributed by atoms with E-state index in [2.05, 4.69) is 16.9 Å². The van der Waals surface area contributed by atoms with Crippen LogP contribution in [0.5, 0.6) is 0 Å². The molecule has 0 atom stereocenters. The molecule has 3 heterocycles. The first-order valence-electron chi connectivity index (χ1n) is 6.50. The Morgan fingerprint density at radius 3 is 2.83 bits per heavy atom. The smallest absolute Gasteiger partial charge is 0.270 e. The van der Waals surface area contributed by atoms with Crippen molar-refractivity contribution in [2.24, 2.45) is 0 Å². The molecule has 0 saturated carbocycles. The molecule has 0 unspecified atom stereocenters. The Bertz CT molecular complexity index is 424. The Morgan fingerprint density at radius 2 is 2.11 bits per heavy atom. The van der Waals surface area contributed by atoms with Gasteiger partial charge in [-0.05, 0) is 18.7 Å². The number of ether oxygens (including phenoxy) is 1. The van der Waals surface area contributed by atoms with E-state index in [0.29, 0.717) is 6.61 Å². The van der Waals surface area contributed by atoms with E-state index >= 15 is 0 Å². The van der Waals surface area contributed by atoms with Crippen LogP contribution in [0, 0.1) is 0 Å². The molecule has 18 heavy (non-hydrogen) atoms. The van der Waals surface area contributed by atoms with Gasteiger partial charge in [0.05, 0.1) is 13.2 Å². The fourth-order valence-corrected chi connectivity index (χ4v) is 2.54. The maximum absolute atomic E-state index is 12.4. The third-order valence-electron chi connectivity index (χ3n) is 3.77. The fraction of sp³-hybridized carbons (Fsp3) is 0.615. The fourth-order valence-electron chi connectivity index (χ4n) is 2.54. The Labute approximate surface area is 107 Å². The van der Waals surface area contributed by atoms with Crippen LogP contribution in [-0.2, 0) is 17.8 Å². The maximum atomic E-state index is 12.4. The summed E-state index contributed by atoms with van der Waals surface area (Å²) in [5, 5.41) is 0. The Hall–Kier alpha value is -1.33. The summed E-state index contributed by atoms with van der Waals surface area (Å²) in [7, 11) is 2.09. The SMILES string of the molecule is CN1CCN(C(=O)c2cc3c([nH]2)CCOC3)CC1. The van der Waals surface area contributed by atoms with Gasteiger partial charge in [0.1, 0.15) is 5.69 Å². The van der Waals surface area contributed by atoms with Gasteiger partial charge in [0.2, 0.25) is 0 Å². The van der Waals surface area contributed by atoms with Crippen LogP contribution in [0.2, 0.25) is 0 Å². The number of likely N-dealkylation sites (N-methyl/N-ethyl adjacent to an activating group) is 1. The van der Waals surface area contributed by atoms with Crippen LogP contribution in [0.4, 0.5) is 0 Å². The highest BCUT2D eigenvalue weighted by Gasteiger charge is 2.23. The quantitative estimate of drug-likeness (QED) is 0.787. The summed E-state index contributed by atoms with van der Waals surface area (Å²) in [5.41, 5.74) is 3.02. The number of fused-ring (bicyclic) bond motifs is 1. The first-order valence-corrected chi connectivity index (χ1v) is 6.50. The lowest BCUT2D eigenvalue weighted by atomic mass is 10.2. The van der Waals surface area contributed by atoms with Gasteiger partial charge < -0.3 is 19.5 Å². The van der Waals surface area contributed by atoms with Crippen molar-refractivity contribution < 1.29 is 9.53 Å². The molecular formula is C13H19N3O2. The zero-order valence-electron chi connectivity index (χ0n) is 10.7. The van der Waals surface area contributed by atoms with Crippen LogP contribution in [0.1, 0.15) is 21.7 Å². The molecule has 3 rings (SSSR count). The van der Waals surface area contributed by atoms with E-state index in [1.807, 2.05) is 11.0 Å². The molecule has 1 aromatic rings. The molecule has 0 spiro atoms. The van der Waals surface area contributed by atoms with Gasteiger partial charge in [-0.3, -0.25) is 4.79 Å². The van der Waals surface area contributed by atoms with Gasteiger partial charge in [-0.25, -0.2) is 0 Å². The van der Waals surface area contributed by atoms with E-state index in [1.54, 1.807) is 0 Å². The van der Waals surface area contributed by atoms with Gasteiger partial charge >= 0.3 is 0 Å². The van der Waals surface area contributed by atoms with Gasteiger partial charge in [-0.2, -0.15) is 0 Å². The molecule has 0 aromatic carbocycles. The largest absolute Gasteiger partial charge is 0.376 e.